The summed E-state index contributed by atoms with van der Waals surface area (Å²) in [5.41, 5.74) is 8.84. The van der Waals surface area contributed by atoms with Gasteiger partial charge in [0.05, 0.1) is 26.9 Å². The zero-order valence-corrected chi connectivity index (χ0v) is 24.0. The first-order valence-electron chi connectivity index (χ1n) is 10.9. The number of nitrogens with one attached hydrogen (secondary N) is 1. The molecule has 3 rings (SSSR count). The Kier molecular flexibility index (Phi) is 10.2. The highest BCUT2D eigenvalue weighted by molar-refractivity contribution is 7.92. The van der Waals surface area contributed by atoms with Gasteiger partial charge in [0.1, 0.15) is 34.5 Å². The number of benzene rings is 2. The van der Waals surface area contributed by atoms with Gasteiger partial charge in [0.2, 0.25) is 0 Å². The van der Waals surface area contributed by atoms with Crippen molar-refractivity contribution < 1.29 is 45.0 Å². The fourth-order valence-electron chi connectivity index (χ4n) is 3.18. The number of alkyl halides is 3. The largest absolute Gasteiger partial charge is 0.487 e. The van der Waals surface area contributed by atoms with Crippen molar-refractivity contribution in [3.63, 3.8) is 0 Å². The third kappa shape index (κ3) is 7.30. The average Bonchev–Trinajstić information content (AvgIpc) is 3.35. The Bertz CT molecular complexity index is 1560. The van der Waals surface area contributed by atoms with Crippen LogP contribution in [0.5, 0.6) is 17.2 Å². The number of fused-ring (bicyclic) bond motifs is 1. The molecule has 2 aromatic carbocycles. The highest BCUT2D eigenvalue weighted by Gasteiger charge is 2.35. The third-order valence-corrected chi connectivity index (χ3v) is 10.0. The maximum atomic E-state index is 13.2. The SMILES string of the molecule is N#Cc1ccc(OP(=O)(O)CNS(=O)(=O)c2cc3c(Cl)c(OCCN)c(OCCN)c(Cl)c3s2)cc1C(F)(F)F. The predicted octanol–water partition coefficient (Wildman–Crippen LogP) is 4.27. The highest BCUT2D eigenvalue weighted by Crippen LogP contribution is 2.51. The van der Waals surface area contributed by atoms with E-state index in [1.807, 2.05) is 4.72 Å². The van der Waals surface area contributed by atoms with Gasteiger partial charge in [-0.1, -0.05) is 23.2 Å². The van der Waals surface area contributed by atoms with E-state index in [1.54, 1.807) is 0 Å². The Morgan fingerprint density at radius 2 is 1.70 bits per heavy atom. The van der Waals surface area contributed by atoms with Crippen molar-refractivity contribution in [1.82, 2.24) is 4.72 Å². The van der Waals surface area contributed by atoms with Crippen LogP contribution >= 0.6 is 42.1 Å². The fraction of sp³-hybridized carbons (Fsp3) is 0.286. The standard InChI is InChI=1S/C21H20Cl2F3N4O7PS2/c22-16-13-8-15(39-20(13)17(23)19(36-6-4-28)18(16)35-5-3-27)40(33,34)30-10-38(31,32)37-12-2-1-11(9-29)14(7-12)21(24,25)26/h1-2,7-8,30H,3-6,10,27-28H2,(H,31,32). The van der Waals surface area contributed by atoms with Crippen LogP contribution in [0.25, 0.3) is 10.1 Å². The smallest absolute Gasteiger partial charge is 0.417 e. The molecular weight excluding hydrogens is 643 g/mol. The first kappa shape index (κ1) is 32.2. The molecule has 1 atom stereocenters. The lowest BCUT2D eigenvalue weighted by Gasteiger charge is -2.16. The zero-order valence-electron chi connectivity index (χ0n) is 20.0. The molecular formula is C21H20Cl2F3N4O7PS2. The van der Waals surface area contributed by atoms with Crippen molar-refractivity contribution in [3.05, 3.63) is 45.4 Å². The molecule has 0 spiro atoms. The number of hydrogen-bond donors (Lipinski definition) is 4. The molecule has 0 aliphatic carbocycles. The molecule has 6 N–H and O–H groups in total. The molecule has 0 saturated carbocycles. The van der Waals surface area contributed by atoms with E-state index >= 15 is 0 Å². The number of halogens is 5. The number of thiophene rings is 1. The van der Waals surface area contributed by atoms with Crippen molar-refractivity contribution in [1.29, 1.82) is 5.26 Å². The Balaban J connectivity index is 1.89. The van der Waals surface area contributed by atoms with Gasteiger partial charge in [-0.2, -0.15) is 23.2 Å². The van der Waals surface area contributed by atoms with E-state index in [-0.39, 0.29) is 62.1 Å². The molecule has 11 nitrogen and oxygen atoms in total. The van der Waals surface area contributed by atoms with Gasteiger partial charge >= 0.3 is 13.8 Å². The van der Waals surface area contributed by atoms with Crippen molar-refractivity contribution in [2.75, 3.05) is 32.6 Å². The van der Waals surface area contributed by atoms with Gasteiger partial charge in [0, 0.05) is 18.5 Å². The van der Waals surface area contributed by atoms with E-state index in [9.17, 15) is 31.0 Å². The van der Waals surface area contributed by atoms with Gasteiger partial charge in [-0.05, 0) is 24.3 Å². The molecule has 0 fully saturated rings. The van der Waals surface area contributed by atoms with Crippen molar-refractivity contribution in [3.8, 4) is 23.3 Å². The summed E-state index contributed by atoms with van der Waals surface area (Å²) in [5.74, 6) is -0.667. The van der Waals surface area contributed by atoms with Gasteiger partial charge in [-0.15, -0.1) is 11.3 Å². The number of hydrogen-bond acceptors (Lipinski definition) is 10. The van der Waals surface area contributed by atoms with Crippen molar-refractivity contribution >= 4 is 62.2 Å². The van der Waals surface area contributed by atoms with Gasteiger partial charge in [-0.3, -0.25) is 0 Å². The molecule has 1 heterocycles. The second kappa shape index (κ2) is 12.7. The summed E-state index contributed by atoms with van der Waals surface area (Å²) in [4.78, 5) is 10.1. The van der Waals surface area contributed by atoms with Crippen LogP contribution in [0.3, 0.4) is 0 Å². The summed E-state index contributed by atoms with van der Waals surface area (Å²) < 4.78 is 95.5. The molecule has 19 heteroatoms. The normalized spacial score (nSPS) is 13.6. The number of nitrogens with zero attached hydrogens (tertiary/aromatic N) is 1. The number of rotatable bonds is 12. The average molecular weight is 663 g/mol. The Morgan fingerprint density at radius 1 is 1.10 bits per heavy atom. The van der Waals surface area contributed by atoms with Crippen LogP contribution in [0.2, 0.25) is 10.0 Å². The summed E-state index contributed by atoms with van der Waals surface area (Å²) in [5, 5.41) is 8.98. The van der Waals surface area contributed by atoms with Crippen LogP contribution in [0.4, 0.5) is 13.2 Å². The van der Waals surface area contributed by atoms with Crippen LogP contribution in [-0.4, -0.2) is 45.9 Å². The van der Waals surface area contributed by atoms with E-state index < -0.39 is 47.0 Å². The monoisotopic (exact) mass is 662 g/mol. The first-order chi connectivity index (χ1) is 18.6. The van der Waals surface area contributed by atoms with Gasteiger partial charge in [0.15, 0.2) is 11.5 Å². The molecule has 1 unspecified atom stereocenters. The maximum Gasteiger partial charge on any atom is 0.417 e. The molecule has 0 amide bonds. The summed E-state index contributed by atoms with van der Waals surface area (Å²) >= 11 is 13.6. The molecule has 0 bridgehead atoms. The molecule has 40 heavy (non-hydrogen) atoms. The van der Waals surface area contributed by atoms with E-state index in [2.05, 4.69) is 0 Å². The predicted molar refractivity (Wildman–Crippen MR) is 143 cm³/mol. The second-order valence-electron chi connectivity index (χ2n) is 7.72. The van der Waals surface area contributed by atoms with E-state index in [1.165, 1.54) is 6.07 Å². The molecule has 3 aromatic rings. The molecule has 0 aliphatic rings. The van der Waals surface area contributed by atoms with Crippen molar-refractivity contribution in [2.24, 2.45) is 11.5 Å². The minimum Gasteiger partial charge on any atom is -0.487 e. The zero-order chi connectivity index (χ0) is 29.9. The Labute approximate surface area is 239 Å². The maximum absolute atomic E-state index is 13.2. The van der Waals surface area contributed by atoms with Crippen LogP contribution in [-0.2, 0) is 20.8 Å². The lowest BCUT2D eigenvalue weighted by molar-refractivity contribution is -0.137. The van der Waals surface area contributed by atoms with Crippen LogP contribution in [0, 0.1) is 11.3 Å². The molecule has 0 saturated heterocycles. The van der Waals surface area contributed by atoms with E-state index in [0.29, 0.717) is 17.4 Å². The Hall–Kier alpha value is -2.32. The third-order valence-electron chi connectivity index (χ3n) is 4.86. The molecule has 0 radical (unpaired) electrons. The number of ether oxygens (including phenoxy) is 2. The quantitative estimate of drug-likeness (QED) is 0.204. The second-order valence-corrected chi connectivity index (χ2v) is 13.3. The van der Waals surface area contributed by atoms with Gasteiger partial charge in [-0.25, -0.2) is 13.0 Å². The number of nitriles is 1. The lowest BCUT2D eigenvalue weighted by Crippen LogP contribution is -2.25. The molecule has 1 aromatic heterocycles. The van der Waals surface area contributed by atoms with Gasteiger partial charge in [0.25, 0.3) is 10.0 Å². The summed E-state index contributed by atoms with van der Waals surface area (Å²) in [7, 11) is -9.36. The van der Waals surface area contributed by atoms with Gasteiger partial charge < -0.3 is 30.4 Å². The van der Waals surface area contributed by atoms with Crippen molar-refractivity contribution in [2.45, 2.75) is 10.4 Å². The first-order valence-corrected chi connectivity index (χ1v) is 15.7. The topological polar surface area (TPSA) is 187 Å². The Morgan fingerprint density at radius 3 is 2.25 bits per heavy atom. The van der Waals surface area contributed by atoms with Crippen LogP contribution < -0.4 is 30.2 Å². The summed E-state index contributed by atoms with van der Waals surface area (Å²) in [6.45, 7) is 0.319. The fourth-order valence-corrected chi connectivity index (χ4v) is 7.83. The van der Waals surface area contributed by atoms with E-state index in [0.717, 1.165) is 18.2 Å². The number of nitrogens with two attached hydrogens (primary N) is 2. The highest BCUT2D eigenvalue weighted by atomic mass is 35.5. The molecule has 0 aliphatic heterocycles. The minimum absolute atomic E-state index is 0.0154. The van der Waals surface area contributed by atoms with Crippen LogP contribution in [0.1, 0.15) is 11.1 Å². The summed E-state index contributed by atoms with van der Waals surface area (Å²) in [6, 6.07) is 4.49. The van der Waals surface area contributed by atoms with E-state index in [4.69, 9.17) is 53.9 Å². The molecule has 218 valence electrons. The lowest BCUT2D eigenvalue weighted by atomic mass is 10.1. The minimum atomic E-state index is -4.94. The van der Waals surface area contributed by atoms with Crippen LogP contribution in [0.15, 0.2) is 28.5 Å². The number of sulfonamides is 1. The summed E-state index contributed by atoms with van der Waals surface area (Å²) in [6.07, 6.45) is -6.15.